The maximum Gasteiger partial charge on any atom is 0.119 e. The Labute approximate surface area is 90.5 Å². The second-order valence-electron chi connectivity index (χ2n) is 2.60. The molecule has 0 aliphatic rings. The summed E-state index contributed by atoms with van der Waals surface area (Å²) in [6, 6.07) is 7.49. The number of aliphatic hydroxyl groups is 2. The lowest BCUT2D eigenvalue weighted by molar-refractivity contribution is 0.0536. The summed E-state index contributed by atoms with van der Waals surface area (Å²) >= 11 is 2.20. The molecule has 72 valence electrons. The van der Waals surface area contributed by atoms with Crippen LogP contribution in [0, 0.1) is 3.57 Å². The van der Waals surface area contributed by atoms with Crippen molar-refractivity contribution in [3.63, 3.8) is 0 Å². The Hall–Kier alpha value is -0.330. The van der Waals surface area contributed by atoms with E-state index in [1.807, 2.05) is 24.3 Å². The minimum absolute atomic E-state index is 0.122. The largest absolute Gasteiger partial charge is 0.491 e. The predicted molar refractivity (Wildman–Crippen MR) is 57.7 cm³/mol. The number of rotatable bonds is 4. The summed E-state index contributed by atoms with van der Waals surface area (Å²) in [5, 5.41) is 17.5. The molecule has 0 radical (unpaired) electrons. The van der Waals surface area contributed by atoms with Gasteiger partial charge in [0.1, 0.15) is 18.5 Å². The summed E-state index contributed by atoms with van der Waals surface area (Å²) in [4.78, 5) is 0. The van der Waals surface area contributed by atoms with Crippen LogP contribution in [0.3, 0.4) is 0 Å². The van der Waals surface area contributed by atoms with Gasteiger partial charge in [-0.25, -0.2) is 0 Å². The Balaban J connectivity index is 2.41. The molecule has 3 nitrogen and oxygen atoms in total. The molecule has 1 atom stereocenters. The average Bonchev–Trinajstić information content (AvgIpc) is 2.16. The quantitative estimate of drug-likeness (QED) is 0.815. The predicted octanol–water partition coefficient (Wildman–Crippen LogP) is 1.02. The van der Waals surface area contributed by atoms with Crippen molar-refractivity contribution in [1.82, 2.24) is 0 Å². The van der Waals surface area contributed by atoms with Crippen molar-refractivity contribution in [3.05, 3.63) is 27.8 Å². The van der Waals surface area contributed by atoms with Crippen LogP contribution in [0.1, 0.15) is 0 Å². The molecular weight excluding hydrogens is 283 g/mol. The van der Waals surface area contributed by atoms with E-state index in [0.29, 0.717) is 5.75 Å². The third kappa shape index (κ3) is 3.93. The summed E-state index contributed by atoms with van der Waals surface area (Å²) in [6.07, 6.45) is -0.806. The zero-order valence-corrected chi connectivity index (χ0v) is 9.14. The molecule has 0 aliphatic carbocycles. The normalized spacial score (nSPS) is 12.5. The standard InChI is InChI=1S/C9H11IO3/c10-7-1-3-9(4-2-7)13-6-8(12)5-11/h1-4,8,11-12H,5-6H2. The van der Waals surface area contributed by atoms with E-state index in [1.165, 1.54) is 0 Å². The van der Waals surface area contributed by atoms with Crippen LogP contribution < -0.4 is 4.74 Å². The Bertz CT molecular complexity index is 248. The third-order valence-corrected chi connectivity index (χ3v) is 2.19. The third-order valence-electron chi connectivity index (χ3n) is 1.47. The van der Waals surface area contributed by atoms with Crippen LogP contribution in [-0.4, -0.2) is 29.5 Å². The van der Waals surface area contributed by atoms with Gasteiger partial charge in [-0.2, -0.15) is 0 Å². The minimum atomic E-state index is -0.806. The Kier molecular flexibility index (Phi) is 4.47. The number of benzene rings is 1. The fraction of sp³-hybridized carbons (Fsp3) is 0.333. The van der Waals surface area contributed by atoms with Crippen molar-refractivity contribution in [2.24, 2.45) is 0 Å². The highest BCUT2D eigenvalue weighted by Gasteiger charge is 2.02. The molecule has 0 aromatic heterocycles. The van der Waals surface area contributed by atoms with Gasteiger partial charge in [0.15, 0.2) is 0 Å². The summed E-state index contributed by atoms with van der Waals surface area (Å²) in [5.41, 5.74) is 0. The van der Waals surface area contributed by atoms with E-state index in [0.717, 1.165) is 3.57 Å². The van der Waals surface area contributed by atoms with Gasteiger partial charge in [-0.05, 0) is 46.9 Å². The maximum atomic E-state index is 9.00. The molecule has 1 aromatic rings. The van der Waals surface area contributed by atoms with E-state index in [-0.39, 0.29) is 13.2 Å². The molecule has 0 spiro atoms. The molecule has 0 heterocycles. The topological polar surface area (TPSA) is 49.7 Å². The lowest BCUT2D eigenvalue weighted by Crippen LogP contribution is -2.21. The average molecular weight is 294 g/mol. The van der Waals surface area contributed by atoms with Gasteiger partial charge in [-0.15, -0.1) is 0 Å². The van der Waals surface area contributed by atoms with Gasteiger partial charge in [0.25, 0.3) is 0 Å². The van der Waals surface area contributed by atoms with Gasteiger partial charge in [-0.1, -0.05) is 0 Å². The first kappa shape index (κ1) is 10.7. The fourth-order valence-electron chi connectivity index (χ4n) is 0.776. The van der Waals surface area contributed by atoms with Crippen LogP contribution in [-0.2, 0) is 0 Å². The molecule has 1 aromatic carbocycles. The summed E-state index contributed by atoms with van der Waals surface area (Å²) in [5.74, 6) is 0.702. The molecule has 4 heteroatoms. The zero-order valence-electron chi connectivity index (χ0n) is 6.98. The first-order valence-corrected chi connectivity index (χ1v) is 4.97. The summed E-state index contributed by atoms with van der Waals surface area (Å²) < 4.78 is 6.33. The molecule has 0 bridgehead atoms. The Morgan fingerprint density at radius 1 is 1.31 bits per heavy atom. The highest BCUT2D eigenvalue weighted by atomic mass is 127. The van der Waals surface area contributed by atoms with Gasteiger partial charge in [0, 0.05) is 3.57 Å². The van der Waals surface area contributed by atoms with E-state index in [9.17, 15) is 0 Å². The highest BCUT2D eigenvalue weighted by molar-refractivity contribution is 14.1. The molecule has 0 fully saturated rings. The highest BCUT2D eigenvalue weighted by Crippen LogP contribution is 2.13. The number of halogens is 1. The first-order chi connectivity index (χ1) is 6.22. The molecule has 2 N–H and O–H groups in total. The Morgan fingerprint density at radius 3 is 2.46 bits per heavy atom. The van der Waals surface area contributed by atoms with Crippen molar-refractivity contribution in [2.75, 3.05) is 13.2 Å². The van der Waals surface area contributed by atoms with E-state index in [2.05, 4.69) is 22.6 Å². The van der Waals surface area contributed by atoms with Crippen molar-refractivity contribution >= 4 is 22.6 Å². The van der Waals surface area contributed by atoms with Crippen LogP contribution in [0.15, 0.2) is 24.3 Å². The van der Waals surface area contributed by atoms with E-state index in [4.69, 9.17) is 14.9 Å². The molecule has 0 amide bonds. The zero-order chi connectivity index (χ0) is 9.68. The van der Waals surface area contributed by atoms with E-state index < -0.39 is 6.10 Å². The van der Waals surface area contributed by atoms with Gasteiger partial charge in [-0.3, -0.25) is 0 Å². The SMILES string of the molecule is OCC(O)COc1ccc(I)cc1. The van der Waals surface area contributed by atoms with Crippen LogP contribution in [0.5, 0.6) is 5.75 Å². The monoisotopic (exact) mass is 294 g/mol. The van der Waals surface area contributed by atoms with Gasteiger partial charge in [0.05, 0.1) is 6.61 Å². The maximum absolute atomic E-state index is 9.00. The molecule has 1 rings (SSSR count). The molecule has 13 heavy (non-hydrogen) atoms. The number of hydrogen-bond acceptors (Lipinski definition) is 3. The van der Waals surface area contributed by atoms with E-state index in [1.54, 1.807) is 0 Å². The van der Waals surface area contributed by atoms with Crippen molar-refractivity contribution in [1.29, 1.82) is 0 Å². The number of ether oxygens (including phenoxy) is 1. The van der Waals surface area contributed by atoms with Crippen LogP contribution in [0.25, 0.3) is 0 Å². The van der Waals surface area contributed by atoms with Crippen molar-refractivity contribution in [3.8, 4) is 5.75 Å². The van der Waals surface area contributed by atoms with Gasteiger partial charge < -0.3 is 14.9 Å². The van der Waals surface area contributed by atoms with Crippen molar-refractivity contribution < 1.29 is 14.9 Å². The summed E-state index contributed by atoms with van der Waals surface area (Å²) in [6.45, 7) is -0.151. The molecular formula is C9H11IO3. The molecule has 0 saturated carbocycles. The number of hydrogen-bond donors (Lipinski definition) is 2. The van der Waals surface area contributed by atoms with Crippen molar-refractivity contribution in [2.45, 2.75) is 6.10 Å². The fourth-order valence-corrected chi connectivity index (χ4v) is 1.14. The van der Waals surface area contributed by atoms with Gasteiger partial charge in [0.2, 0.25) is 0 Å². The molecule has 1 unspecified atom stereocenters. The second-order valence-corrected chi connectivity index (χ2v) is 3.85. The van der Waals surface area contributed by atoms with Gasteiger partial charge >= 0.3 is 0 Å². The lowest BCUT2D eigenvalue weighted by Gasteiger charge is -2.09. The summed E-state index contributed by atoms with van der Waals surface area (Å²) in [7, 11) is 0. The lowest BCUT2D eigenvalue weighted by atomic mass is 10.3. The minimum Gasteiger partial charge on any atom is -0.491 e. The molecule has 0 aliphatic heterocycles. The first-order valence-electron chi connectivity index (χ1n) is 3.89. The molecule has 0 saturated heterocycles. The second kappa shape index (κ2) is 5.41. The van der Waals surface area contributed by atoms with Crippen LogP contribution in [0.2, 0.25) is 0 Å². The Morgan fingerprint density at radius 2 is 1.92 bits per heavy atom. The van der Waals surface area contributed by atoms with Crippen LogP contribution in [0.4, 0.5) is 0 Å². The number of aliphatic hydroxyl groups excluding tert-OH is 2. The van der Waals surface area contributed by atoms with Crippen LogP contribution >= 0.6 is 22.6 Å². The smallest absolute Gasteiger partial charge is 0.119 e. The van der Waals surface area contributed by atoms with E-state index >= 15 is 0 Å².